The Labute approximate surface area is 206 Å². The first kappa shape index (κ1) is 27.2. The molecule has 1 unspecified atom stereocenters. The van der Waals surface area contributed by atoms with Gasteiger partial charge in [0.15, 0.2) is 5.96 Å². The summed E-state index contributed by atoms with van der Waals surface area (Å²) in [5, 5.41) is 7.46. The summed E-state index contributed by atoms with van der Waals surface area (Å²) in [6, 6.07) is 7.87. The van der Waals surface area contributed by atoms with Gasteiger partial charge in [0.25, 0.3) is 0 Å². The number of esters is 1. The van der Waals surface area contributed by atoms with Gasteiger partial charge in [-0.1, -0.05) is 32.0 Å². The summed E-state index contributed by atoms with van der Waals surface area (Å²) in [6.07, 6.45) is 0. The fourth-order valence-corrected chi connectivity index (χ4v) is 3.64. The number of para-hydroxylation sites is 1. The fraction of sp³-hybridized carbons (Fsp3) is 0.500. The lowest BCUT2D eigenvalue weighted by molar-refractivity contribution is 0.0531. The number of aryl methyl sites for hydroxylation is 1. The predicted molar refractivity (Wildman–Crippen MR) is 137 cm³/mol. The van der Waals surface area contributed by atoms with Crippen molar-refractivity contribution in [1.82, 2.24) is 15.6 Å². The molecule has 0 saturated heterocycles. The average molecular weight is 561 g/mol. The monoisotopic (exact) mass is 560 g/mol. The molecular formula is C22H33IN4O3S. The third kappa shape index (κ3) is 8.29. The van der Waals surface area contributed by atoms with E-state index in [2.05, 4.69) is 34.5 Å². The summed E-state index contributed by atoms with van der Waals surface area (Å²) in [5.74, 6) is 1.65. The zero-order chi connectivity index (χ0) is 22.1. The predicted octanol–water partition coefficient (Wildman–Crippen LogP) is 4.71. The highest BCUT2D eigenvalue weighted by Gasteiger charge is 2.20. The van der Waals surface area contributed by atoms with E-state index in [1.165, 1.54) is 11.3 Å². The molecule has 9 heteroatoms. The molecule has 1 aromatic carbocycles. The van der Waals surface area contributed by atoms with Crippen molar-refractivity contribution in [2.75, 3.05) is 20.3 Å². The number of ether oxygens (including phenoxy) is 2. The van der Waals surface area contributed by atoms with Crippen LogP contribution in [0.1, 0.15) is 59.7 Å². The van der Waals surface area contributed by atoms with E-state index in [0.717, 1.165) is 16.3 Å². The molecule has 0 aliphatic heterocycles. The summed E-state index contributed by atoms with van der Waals surface area (Å²) >= 11 is 1.34. The lowest BCUT2D eigenvalue weighted by Crippen LogP contribution is -2.38. The maximum Gasteiger partial charge on any atom is 0.350 e. The van der Waals surface area contributed by atoms with Crippen LogP contribution >= 0.6 is 35.3 Å². The van der Waals surface area contributed by atoms with Crippen molar-refractivity contribution in [3.05, 3.63) is 45.4 Å². The van der Waals surface area contributed by atoms with Crippen molar-refractivity contribution in [2.45, 2.75) is 47.2 Å². The van der Waals surface area contributed by atoms with Crippen LogP contribution in [-0.4, -0.2) is 37.2 Å². The van der Waals surface area contributed by atoms with Gasteiger partial charge in [-0.3, -0.25) is 4.99 Å². The molecule has 0 radical (unpaired) electrons. The molecule has 7 nitrogen and oxygen atoms in total. The number of rotatable bonds is 9. The molecule has 172 valence electrons. The Bertz CT molecular complexity index is 870. The Hall–Kier alpha value is -1.88. The highest BCUT2D eigenvalue weighted by atomic mass is 127. The number of benzene rings is 1. The number of thiazole rings is 1. The Morgan fingerprint density at radius 1 is 1.26 bits per heavy atom. The summed E-state index contributed by atoms with van der Waals surface area (Å²) in [6.45, 7) is 11.4. The maximum atomic E-state index is 12.0. The minimum absolute atomic E-state index is 0. The first-order valence-electron chi connectivity index (χ1n) is 10.2. The topological polar surface area (TPSA) is 84.8 Å². The van der Waals surface area contributed by atoms with Crippen LogP contribution in [0.25, 0.3) is 0 Å². The molecule has 2 N–H and O–H groups in total. The van der Waals surface area contributed by atoms with Gasteiger partial charge in [-0.25, -0.2) is 9.78 Å². The summed E-state index contributed by atoms with van der Waals surface area (Å²) in [4.78, 5) is 21.4. The number of nitrogens with one attached hydrogen (secondary N) is 2. The molecule has 0 aliphatic carbocycles. The van der Waals surface area contributed by atoms with Gasteiger partial charge in [0, 0.05) is 19.2 Å². The minimum Gasteiger partial charge on any atom is -0.493 e. The summed E-state index contributed by atoms with van der Waals surface area (Å²) in [7, 11) is 1.72. The summed E-state index contributed by atoms with van der Waals surface area (Å²) < 4.78 is 11.0. The third-order valence-corrected chi connectivity index (χ3v) is 5.53. The number of carbonyl (C=O) groups excluding carboxylic acids is 1. The molecule has 0 saturated carbocycles. The number of nitrogens with zero attached hydrogens (tertiary/aromatic N) is 2. The number of hydrogen-bond acceptors (Lipinski definition) is 6. The lowest BCUT2D eigenvalue weighted by atomic mass is 10.2. The van der Waals surface area contributed by atoms with E-state index in [1.807, 2.05) is 38.1 Å². The highest BCUT2D eigenvalue weighted by molar-refractivity contribution is 14.0. The zero-order valence-electron chi connectivity index (χ0n) is 19.0. The van der Waals surface area contributed by atoms with Crippen LogP contribution in [0, 0.1) is 12.8 Å². The van der Waals surface area contributed by atoms with E-state index >= 15 is 0 Å². The molecular weight excluding hydrogens is 527 g/mol. The average Bonchev–Trinajstić information content (AvgIpc) is 3.12. The Morgan fingerprint density at radius 3 is 2.61 bits per heavy atom. The molecule has 0 spiro atoms. The molecule has 1 aromatic heterocycles. The Balaban J connectivity index is 0.00000480. The van der Waals surface area contributed by atoms with Gasteiger partial charge in [-0.05, 0) is 32.8 Å². The molecule has 1 heterocycles. The van der Waals surface area contributed by atoms with Crippen LogP contribution in [0.3, 0.4) is 0 Å². The van der Waals surface area contributed by atoms with Gasteiger partial charge in [-0.15, -0.1) is 35.3 Å². The first-order chi connectivity index (χ1) is 14.3. The van der Waals surface area contributed by atoms with Crippen LogP contribution < -0.4 is 15.4 Å². The normalized spacial score (nSPS) is 12.2. The number of hydrogen-bond donors (Lipinski definition) is 2. The quantitative estimate of drug-likeness (QED) is 0.200. The maximum absolute atomic E-state index is 12.0. The molecule has 0 aliphatic rings. The van der Waals surface area contributed by atoms with E-state index in [0.29, 0.717) is 42.2 Å². The van der Waals surface area contributed by atoms with Gasteiger partial charge >= 0.3 is 5.97 Å². The molecule has 0 fully saturated rings. The molecule has 2 aromatic rings. The Kier molecular flexibility index (Phi) is 11.8. The van der Waals surface area contributed by atoms with E-state index in [9.17, 15) is 4.79 Å². The van der Waals surface area contributed by atoms with Crippen LogP contribution in [0.15, 0.2) is 29.3 Å². The van der Waals surface area contributed by atoms with Crippen LogP contribution in [0.5, 0.6) is 5.75 Å². The number of aromatic nitrogens is 1. The van der Waals surface area contributed by atoms with Crippen LogP contribution in [-0.2, 0) is 11.3 Å². The van der Waals surface area contributed by atoms with Crippen molar-refractivity contribution >= 4 is 47.2 Å². The molecule has 0 amide bonds. The largest absolute Gasteiger partial charge is 0.493 e. The van der Waals surface area contributed by atoms with Gasteiger partial charge in [0.1, 0.15) is 15.6 Å². The number of aliphatic imine (C=N–C) groups is 1. The SMILES string of the molecule is CCOC(=O)c1sc(C(C)NC(=NC)NCc2ccccc2OCC(C)C)nc1C.I. The van der Waals surface area contributed by atoms with Gasteiger partial charge in [0.2, 0.25) is 0 Å². The van der Waals surface area contributed by atoms with Crippen LogP contribution in [0.4, 0.5) is 0 Å². The summed E-state index contributed by atoms with van der Waals surface area (Å²) in [5.41, 5.74) is 1.74. The smallest absolute Gasteiger partial charge is 0.350 e. The van der Waals surface area contributed by atoms with E-state index in [-0.39, 0.29) is 36.0 Å². The standard InChI is InChI=1S/C22H32N4O3S.HI/c1-7-28-21(27)19-15(4)25-20(30-19)16(5)26-22(23-6)24-12-17-10-8-9-11-18(17)29-13-14(2)3;/h8-11,14,16H,7,12-13H2,1-6H3,(H2,23,24,26);1H. The number of carbonyl (C=O) groups is 1. The molecule has 31 heavy (non-hydrogen) atoms. The highest BCUT2D eigenvalue weighted by Crippen LogP contribution is 2.24. The van der Waals surface area contributed by atoms with E-state index in [1.54, 1.807) is 14.0 Å². The van der Waals surface area contributed by atoms with E-state index in [4.69, 9.17) is 9.47 Å². The number of guanidine groups is 1. The molecule has 2 rings (SSSR count). The van der Waals surface area contributed by atoms with Crippen molar-refractivity contribution < 1.29 is 14.3 Å². The second-order valence-electron chi connectivity index (χ2n) is 7.29. The van der Waals surface area contributed by atoms with E-state index < -0.39 is 0 Å². The van der Waals surface area contributed by atoms with Gasteiger partial charge < -0.3 is 20.1 Å². The lowest BCUT2D eigenvalue weighted by Gasteiger charge is -2.18. The molecule has 0 bridgehead atoms. The van der Waals surface area contributed by atoms with Crippen molar-refractivity contribution in [1.29, 1.82) is 0 Å². The molecule has 1 atom stereocenters. The third-order valence-electron chi connectivity index (χ3n) is 4.21. The van der Waals surface area contributed by atoms with Crippen molar-refractivity contribution in [3.8, 4) is 5.75 Å². The van der Waals surface area contributed by atoms with Crippen molar-refractivity contribution in [2.24, 2.45) is 10.9 Å². The number of halogens is 1. The fourth-order valence-electron chi connectivity index (χ4n) is 2.68. The second kappa shape index (κ2) is 13.5. The van der Waals surface area contributed by atoms with Crippen LogP contribution in [0.2, 0.25) is 0 Å². The minimum atomic E-state index is -0.327. The van der Waals surface area contributed by atoms with Gasteiger partial charge in [0.05, 0.1) is 24.9 Å². The second-order valence-corrected chi connectivity index (χ2v) is 8.32. The first-order valence-corrected chi connectivity index (χ1v) is 11.0. The Morgan fingerprint density at radius 2 is 1.97 bits per heavy atom. The van der Waals surface area contributed by atoms with Gasteiger partial charge in [-0.2, -0.15) is 0 Å². The van der Waals surface area contributed by atoms with Crippen molar-refractivity contribution in [3.63, 3.8) is 0 Å². The zero-order valence-corrected chi connectivity index (χ0v) is 22.2.